The number of fused-ring (bicyclic) bond motifs is 3. The molecule has 0 radical (unpaired) electrons. The van der Waals surface area contributed by atoms with Crippen LogP contribution < -0.4 is 0 Å². The Bertz CT molecular complexity index is 754. The van der Waals surface area contributed by atoms with Gasteiger partial charge in [-0.2, -0.15) is 0 Å². The van der Waals surface area contributed by atoms with Crippen molar-refractivity contribution in [2.75, 3.05) is 0 Å². The van der Waals surface area contributed by atoms with Crippen LogP contribution in [0.2, 0.25) is 0 Å². The normalized spacial score (nSPS) is 12.8. The van der Waals surface area contributed by atoms with Crippen molar-refractivity contribution in [1.29, 1.82) is 0 Å². The molecule has 3 rings (SSSR count). The van der Waals surface area contributed by atoms with E-state index in [9.17, 15) is 19.7 Å². The number of hydrogen-bond acceptors (Lipinski definition) is 6. The largest absolute Gasteiger partial charge is 0.288 e. The van der Waals surface area contributed by atoms with Gasteiger partial charge in [0.2, 0.25) is 11.6 Å². The lowest BCUT2D eigenvalue weighted by Gasteiger charge is -2.14. The lowest BCUT2D eigenvalue weighted by Crippen LogP contribution is -2.22. The Morgan fingerprint density at radius 3 is 2.47 bits per heavy atom. The summed E-state index contributed by atoms with van der Waals surface area (Å²) in [6.45, 7) is 0. The van der Waals surface area contributed by atoms with Crippen LogP contribution in [0.3, 0.4) is 0 Å². The molecule has 7 heteroatoms. The van der Waals surface area contributed by atoms with E-state index < -0.39 is 16.5 Å². The first-order chi connectivity index (χ1) is 9.09. The fourth-order valence-corrected chi connectivity index (χ4v) is 1.94. The van der Waals surface area contributed by atoms with Gasteiger partial charge in [0.15, 0.2) is 0 Å². The second kappa shape index (κ2) is 3.77. The van der Waals surface area contributed by atoms with Gasteiger partial charge in [-0.1, -0.05) is 0 Å². The van der Waals surface area contributed by atoms with Crippen LogP contribution in [0.15, 0.2) is 30.6 Å². The third-order valence-electron chi connectivity index (χ3n) is 2.81. The number of ketones is 2. The van der Waals surface area contributed by atoms with Crippen molar-refractivity contribution < 1.29 is 14.5 Å². The maximum absolute atomic E-state index is 11.9. The Hall–Kier alpha value is -2.96. The topological polar surface area (TPSA) is 103 Å². The summed E-state index contributed by atoms with van der Waals surface area (Å²) < 4.78 is 0. The van der Waals surface area contributed by atoms with Crippen LogP contribution in [0, 0.1) is 10.1 Å². The number of nitro groups is 1. The molecule has 92 valence electrons. The summed E-state index contributed by atoms with van der Waals surface area (Å²) in [5.74, 6) is -1.52. The van der Waals surface area contributed by atoms with Gasteiger partial charge in [0.05, 0.1) is 16.1 Å². The average Bonchev–Trinajstić information content (AvgIpc) is 2.44. The standard InChI is InChI=1S/C12H5N3O4/c16-11-7-2-1-3-13-9(7)10-8(12(11)17)4-6(5-14-10)15(18)19/h1-5H. The molecule has 2 heterocycles. The third-order valence-corrected chi connectivity index (χ3v) is 2.81. The maximum Gasteiger partial charge on any atom is 0.288 e. The van der Waals surface area contributed by atoms with Crippen LogP contribution in [-0.4, -0.2) is 26.5 Å². The predicted molar refractivity (Wildman–Crippen MR) is 62.8 cm³/mol. The van der Waals surface area contributed by atoms with Crippen molar-refractivity contribution in [2.45, 2.75) is 0 Å². The summed E-state index contributed by atoms with van der Waals surface area (Å²) >= 11 is 0. The molecule has 0 aliphatic heterocycles. The molecule has 0 unspecified atom stereocenters. The van der Waals surface area contributed by atoms with Crippen molar-refractivity contribution >= 4 is 17.3 Å². The molecule has 0 aromatic carbocycles. The van der Waals surface area contributed by atoms with Crippen molar-refractivity contribution in [3.63, 3.8) is 0 Å². The van der Waals surface area contributed by atoms with Crippen LogP contribution in [-0.2, 0) is 0 Å². The third kappa shape index (κ3) is 1.52. The smallest absolute Gasteiger partial charge is 0.285 e. The van der Waals surface area contributed by atoms with Crippen LogP contribution in [0.1, 0.15) is 20.7 Å². The van der Waals surface area contributed by atoms with Gasteiger partial charge in [0, 0.05) is 12.3 Å². The van der Waals surface area contributed by atoms with Crippen LogP contribution >= 0.6 is 0 Å². The van der Waals surface area contributed by atoms with Gasteiger partial charge in [0.1, 0.15) is 17.6 Å². The zero-order valence-corrected chi connectivity index (χ0v) is 9.36. The highest BCUT2D eigenvalue weighted by Gasteiger charge is 2.33. The van der Waals surface area contributed by atoms with Crippen molar-refractivity contribution in [1.82, 2.24) is 9.97 Å². The molecule has 1 aliphatic rings. The van der Waals surface area contributed by atoms with E-state index in [4.69, 9.17) is 0 Å². The van der Waals surface area contributed by atoms with Gasteiger partial charge in [-0.15, -0.1) is 0 Å². The minimum absolute atomic E-state index is 0.0783. The zero-order valence-electron chi connectivity index (χ0n) is 9.36. The Morgan fingerprint density at radius 1 is 1.05 bits per heavy atom. The maximum atomic E-state index is 11.9. The molecule has 7 nitrogen and oxygen atoms in total. The zero-order chi connectivity index (χ0) is 13.6. The Morgan fingerprint density at radius 2 is 1.74 bits per heavy atom. The number of rotatable bonds is 1. The molecule has 1 aliphatic carbocycles. The van der Waals surface area contributed by atoms with E-state index in [1.807, 2.05) is 0 Å². The molecule has 0 saturated carbocycles. The fraction of sp³-hybridized carbons (Fsp3) is 0. The number of nitrogens with zero attached hydrogens (tertiary/aromatic N) is 3. The lowest BCUT2D eigenvalue weighted by atomic mass is 9.90. The Labute approximate surface area is 106 Å². The highest BCUT2D eigenvalue weighted by Crippen LogP contribution is 2.31. The monoisotopic (exact) mass is 255 g/mol. The number of Topliss-reactive ketones (excluding diaryl/α,β-unsaturated/α-hetero) is 2. The quantitative estimate of drug-likeness (QED) is 0.433. The first-order valence-corrected chi connectivity index (χ1v) is 5.28. The summed E-state index contributed by atoms with van der Waals surface area (Å²) in [5, 5.41) is 10.7. The molecule has 0 atom stereocenters. The number of aromatic nitrogens is 2. The molecule has 0 amide bonds. The molecule has 19 heavy (non-hydrogen) atoms. The van der Waals surface area contributed by atoms with E-state index in [0.717, 1.165) is 12.3 Å². The summed E-state index contributed by atoms with van der Waals surface area (Å²) in [5.41, 5.74) is 0.230. The first kappa shape index (κ1) is 11.1. The number of carbonyl (C=O) groups is 2. The molecule has 0 saturated heterocycles. The van der Waals surface area contributed by atoms with E-state index in [1.165, 1.54) is 12.3 Å². The van der Waals surface area contributed by atoms with Gasteiger partial charge in [-0.05, 0) is 12.1 Å². The molecule has 0 spiro atoms. The summed E-state index contributed by atoms with van der Waals surface area (Å²) in [7, 11) is 0. The van der Waals surface area contributed by atoms with Crippen molar-refractivity contribution in [2.24, 2.45) is 0 Å². The molecular formula is C12H5N3O4. The molecule has 0 N–H and O–H groups in total. The van der Waals surface area contributed by atoms with Gasteiger partial charge in [0.25, 0.3) is 5.69 Å². The van der Waals surface area contributed by atoms with Crippen LogP contribution in [0.4, 0.5) is 5.69 Å². The van der Waals surface area contributed by atoms with Crippen LogP contribution in [0.25, 0.3) is 11.4 Å². The van der Waals surface area contributed by atoms with Gasteiger partial charge in [-0.25, -0.2) is 4.98 Å². The second-order valence-corrected chi connectivity index (χ2v) is 3.90. The van der Waals surface area contributed by atoms with E-state index in [1.54, 1.807) is 6.07 Å². The Kier molecular flexibility index (Phi) is 2.21. The van der Waals surface area contributed by atoms with Crippen molar-refractivity contribution in [3.8, 4) is 11.4 Å². The Balaban J connectivity index is 2.33. The van der Waals surface area contributed by atoms with Gasteiger partial charge >= 0.3 is 0 Å². The highest BCUT2D eigenvalue weighted by atomic mass is 16.6. The molecule has 2 aromatic rings. The minimum atomic E-state index is -0.799. The van der Waals surface area contributed by atoms with Gasteiger partial charge in [-0.3, -0.25) is 24.7 Å². The average molecular weight is 255 g/mol. The van der Waals surface area contributed by atoms with Crippen LogP contribution in [0.5, 0.6) is 0 Å². The fourth-order valence-electron chi connectivity index (χ4n) is 1.94. The summed E-state index contributed by atoms with van der Waals surface area (Å²) in [6.07, 6.45) is 2.51. The summed E-state index contributed by atoms with van der Waals surface area (Å²) in [4.78, 5) is 41.7. The minimum Gasteiger partial charge on any atom is -0.285 e. The lowest BCUT2D eigenvalue weighted by molar-refractivity contribution is -0.385. The first-order valence-electron chi connectivity index (χ1n) is 5.28. The highest BCUT2D eigenvalue weighted by molar-refractivity contribution is 6.52. The van der Waals surface area contributed by atoms with E-state index in [2.05, 4.69) is 9.97 Å². The summed E-state index contributed by atoms with van der Waals surface area (Å²) in [6, 6.07) is 4.08. The molecular weight excluding hydrogens is 250 g/mol. The van der Waals surface area contributed by atoms with Gasteiger partial charge < -0.3 is 0 Å². The number of carbonyl (C=O) groups excluding carboxylic acids is 2. The SMILES string of the molecule is O=C1C(=O)c2cc([N+](=O)[O-])cnc2-c2ncccc21. The number of hydrogen-bond donors (Lipinski definition) is 0. The molecule has 0 bridgehead atoms. The van der Waals surface area contributed by atoms with E-state index in [0.29, 0.717) is 0 Å². The number of pyridine rings is 2. The second-order valence-electron chi connectivity index (χ2n) is 3.90. The van der Waals surface area contributed by atoms with Crippen molar-refractivity contribution in [3.05, 3.63) is 51.8 Å². The van der Waals surface area contributed by atoms with E-state index in [-0.39, 0.29) is 28.2 Å². The molecule has 2 aromatic heterocycles. The van der Waals surface area contributed by atoms with E-state index >= 15 is 0 Å². The predicted octanol–water partition coefficient (Wildman–Crippen LogP) is 1.43. The molecule has 0 fully saturated rings.